The number of rotatable bonds is 4. The summed E-state index contributed by atoms with van der Waals surface area (Å²) in [6, 6.07) is 13.7. The zero-order chi connectivity index (χ0) is 15.8. The van der Waals surface area contributed by atoms with Crippen molar-refractivity contribution >= 4 is 22.5 Å². The predicted molar refractivity (Wildman–Crippen MR) is 89.8 cm³/mol. The molecule has 3 nitrogen and oxygen atoms in total. The Labute approximate surface area is 134 Å². The van der Waals surface area contributed by atoms with E-state index in [-0.39, 0.29) is 12.2 Å². The summed E-state index contributed by atoms with van der Waals surface area (Å²) in [5.74, 6) is -0.768. The molecule has 0 unspecified atom stereocenters. The van der Waals surface area contributed by atoms with E-state index in [4.69, 9.17) is 0 Å². The fourth-order valence-corrected chi connectivity index (χ4v) is 3.41. The Morgan fingerprint density at radius 1 is 1.00 bits per heavy atom. The smallest absolute Gasteiger partial charge is 0.231 e. The van der Waals surface area contributed by atoms with Gasteiger partial charge in [0, 0.05) is 23.5 Å². The first kappa shape index (κ1) is 13.9. The molecule has 4 rings (SSSR count). The molecule has 0 atom stereocenters. The Morgan fingerprint density at radius 2 is 1.83 bits per heavy atom. The molecule has 0 saturated heterocycles. The number of hydrogen-bond acceptors (Lipinski definition) is 2. The van der Waals surface area contributed by atoms with Crippen molar-refractivity contribution in [2.45, 2.75) is 25.7 Å². The Bertz CT molecular complexity index is 920. The number of benzene rings is 2. The molecule has 1 aliphatic rings. The number of carbonyl (C=O) groups is 2. The maximum atomic E-state index is 12.5. The second-order valence-electron chi connectivity index (χ2n) is 6.13. The van der Waals surface area contributed by atoms with Crippen LogP contribution in [0.5, 0.6) is 0 Å². The van der Waals surface area contributed by atoms with Crippen molar-refractivity contribution in [2.75, 3.05) is 0 Å². The molecule has 0 saturated carbocycles. The lowest BCUT2D eigenvalue weighted by Gasteiger charge is -2.04. The number of ketones is 2. The number of aromatic nitrogens is 1. The number of aryl methyl sites for hydroxylation is 2. The van der Waals surface area contributed by atoms with Crippen LogP contribution in [-0.4, -0.2) is 16.6 Å². The average Bonchev–Trinajstić information content (AvgIpc) is 3.20. The number of Topliss-reactive ketones (excluding diaryl/α,β-unsaturated/α-hetero) is 2. The number of fused-ring (bicyclic) bond motifs is 2. The van der Waals surface area contributed by atoms with Crippen LogP contribution in [0.25, 0.3) is 10.9 Å². The summed E-state index contributed by atoms with van der Waals surface area (Å²) in [5.41, 5.74) is 4.98. The van der Waals surface area contributed by atoms with Gasteiger partial charge in [0.2, 0.25) is 11.6 Å². The minimum Gasteiger partial charge on any atom is -0.360 e. The molecule has 1 aromatic heterocycles. The average molecular weight is 303 g/mol. The van der Waals surface area contributed by atoms with Crippen LogP contribution in [0, 0.1) is 0 Å². The van der Waals surface area contributed by atoms with Gasteiger partial charge in [0.25, 0.3) is 0 Å². The van der Waals surface area contributed by atoms with Crippen molar-refractivity contribution in [3.05, 3.63) is 70.9 Å². The summed E-state index contributed by atoms with van der Waals surface area (Å²) in [6.07, 6.45) is 5.19. The van der Waals surface area contributed by atoms with Gasteiger partial charge >= 0.3 is 0 Å². The number of H-pyrrole nitrogens is 1. The van der Waals surface area contributed by atoms with Gasteiger partial charge in [0.15, 0.2) is 0 Å². The van der Waals surface area contributed by atoms with Crippen molar-refractivity contribution in [1.29, 1.82) is 0 Å². The van der Waals surface area contributed by atoms with Crippen LogP contribution in [0.1, 0.15) is 33.5 Å². The molecule has 3 heteroatoms. The highest BCUT2D eigenvalue weighted by molar-refractivity contribution is 6.46. The van der Waals surface area contributed by atoms with Crippen molar-refractivity contribution in [3.8, 4) is 0 Å². The summed E-state index contributed by atoms with van der Waals surface area (Å²) in [4.78, 5) is 27.9. The Kier molecular flexibility index (Phi) is 3.34. The fourth-order valence-electron chi connectivity index (χ4n) is 3.41. The molecule has 114 valence electrons. The molecule has 23 heavy (non-hydrogen) atoms. The zero-order valence-corrected chi connectivity index (χ0v) is 12.8. The van der Waals surface area contributed by atoms with Crippen molar-refractivity contribution in [1.82, 2.24) is 4.98 Å². The molecule has 0 aliphatic heterocycles. The molecule has 1 aliphatic carbocycles. The monoisotopic (exact) mass is 303 g/mol. The van der Waals surface area contributed by atoms with Gasteiger partial charge in [-0.05, 0) is 42.0 Å². The van der Waals surface area contributed by atoms with Crippen LogP contribution in [0.15, 0.2) is 48.7 Å². The van der Waals surface area contributed by atoms with Gasteiger partial charge in [-0.2, -0.15) is 0 Å². The highest BCUT2D eigenvalue weighted by Crippen LogP contribution is 2.24. The third kappa shape index (κ3) is 2.48. The maximum Gasteiger partial charge on any atom is 0.231 e. The van der Waals surface area contributed by atoms with Crippen LogP contribution >= 0.6 is 0 Å². The summed E-state index contributed by atoms with van der Waals surface area (Å²) in [6.45, 7) is 0. The van der Waals surface area contributed by atoms with Gasteiger partial charge in [-0.15, -0.1) is 0 Å². The molecule has 0 bridgehead atoms. The standard InChI is InChI=1S/C20H17NO2/c22-19(11-13-8-9-14-4-3-5-15(14)10-13)20(23)17-12-21-18-7-2-1-6-16(17)18/h1-2,6-10,12,21H,3-5,11H2. The van der Waals surface area contributed by atoms with E-state index in [9.17, 15) is 9.59 Å². The minimum atomic E-state index is -0.414. The van der Waals surface area contributed by atoms with E-state index in [1.54, 1.807) is 6.20 Å². The highest BCUT2D eigenvalue weighted by Gasteiger charge is 2.20. The number of carbonyl (C=O) groups excluding carboxylic acids is 2. The first-order valence-corrected chi connectivity index (χ1v) is 7.97. The first-order chi connectivity index (χ1) is 11.2. The number of nitrogens with one attached hydrogen (secondary N) is 1. The van der Waals surface area contributed by atoms with E-state index >= 15 is 0 Å². The van der Waals surface area contributed by atoms with Gasteiger partial charge < -0.3 is 4.98 Å². The van der Waals surface area contributed by atoms with Crippen molar-refractivity contribution in [3.63, 3.8) is 0 Å². The fraction of sp³-hybridized carbons (Fsp3) is 0.200. The van der Waals surface area contributed by atoms with E-state index in [1.165, 1.54) is 17.5 Å². The molecule has 0 fully saturated rings. The van der Waals surface area contributed by atoms with E-state index in [0.29, 0.717) is 5.56 Å². The molecule has 1 heterocycles. The molecule has 2 aromatic carbocycles. The molecule has 0 radical (unpaired) electrons. The molecular formula is C20H17NO2. The van der Waals surface area contributed by atoms with E-state index in [2.05, 4.69) is 17.1 Å². The summed E-state index contributed by atoms with van der Waals surface area (Å²) < 4.78 is 0. The molecule has 1 N–H and O–H groups in total. The van der Waals surface area contributed by atoms with Crippen LogP contribution in [0.2, 0.25) is 0 Å². The summed E-state index contributed by atoms with van der Waals surface area (Å²) >= 11 is 0. The Morgan fingerprint density at radius 3 is 2.74 bits per heavy atom. The number of aromatic amines is 1. The zero-order valence-electron chi connectivity index (χ0n) is 12.8. The first-order valence-electron chi connectivity index (χ1n) is 7.97. The van der Waals surface area contributed by atoms with Gasteiger partial charge in [-0.3, -0.25) is 9.59 Å². The van der Waals surface area contributed by atoms with Gasteiger partial charge in [0.1, 0.15) is 0 Å². The van der Waals surface area contributed by atoms with Crippen molar-refractivity contribution < 1.29 is 9.59 Å². The topological polar surface area (TPSA) is 49.9 Å². The van der Waals surface area contributed by atoms with Crippen LogP contribution < -0.4 is 0 Å². The lowest BCUT2D eigenvalue weighted by Crippen LogP contribution is -2.16. The van der Waals surface area contributed by atoms with Gasteiger partial charge in [0.05, 0.1) is 5.56 Å². The normalized spacial score (nSPS) is 13.2. The minimum absolute atomic E-state index is 0.172. The van der Waals surface area contributed by atoms with Crippen molar-refractivity contribution in [2.24, 2.45) is 0 Å². The summed E-state index contributed by atoms with van der Waals surface area (Å²) in [5, 5.41) is 0.805. The molecule has 3 aromatic rings. The highest BCUT2D eigenvalue weighted by atomic mass is 16.2. The lowest BCUT2D eigenvalue weighted by atomic mass is 9.98. The second kappa shape index (κ2) is 5.51. The quantitative estimate of drug-likeness (QED) is 0.591. The second-order valence-corrected chi connectivity index (χ2v) is 6.13. The maximum absolute atomic E-state index is 12.5. The van der Waals surface area contributed by atoms with E-state index in [1.807, 2.05) is 30.3 Å². The Hall–Kier alpha value is -2.68. The third-order valence-corrected chi connectivity index (χ3v) is 4.61. The van der Waals surface area contributed by atoms with Crippen LogP contribution in [0.4, 0.5) is 0 Å². The number of hydrogen-bond donors (Lipinski definition) is 1. The number of para-hydroxylation sites is 1. The van der Waals surface area contributed by atoms with E-state index < -0.39 is 5.78 Å². The van der Waals surface area contributed by atoms with Gasteiger partial charge in [-0.1, -0.05) is 36.4 Å². The summed E-state index contributed by atoms with van der Waals surface area (Å²) in [7, 11) is 0. The SMILES string of the molecule is O=C(Cc1ccc2c(c1)CCC2)C(=O)c1c[nH]c2ccccc12. The van der Waals surface area contributed by atoms with E-state index in [0.717, 1.165) is 29.3 Å². The largest absolute Gasteiger partial charge is 0.360 e. The lowest BCUT2D eigenvalue weighted by molar-refractivity contribution is -0.114. The molecular weight excluding hydrogens is 286 g/mol. The third-order valence-electron chi connectivity index (χ3n) is 4.61. The molecule has 0 spiro atoms. The Balaban J connectivity index is 1.58. The van der Waals surface area contributed by atoms with Crippen LogP contribution in [-0.2, 0) is 24.1 Å². The molecule has 0 amide bonds. The van der Waals surface area contributed by atoms with Gasteiger partial charge in [-0.25, -0.2) is 0 Å². The van der Waals surface area contributed by atoms with Crippen LogP contribution in [0.3, 0.4) is 0 Å². The predicted octanol–water partition coefficient (Wildman–Crippen LogP) is 3.65.